The van der Waals surface area contributed by atoms with Crippen LogP contribution in [0.3, 0.4) is 0 Å². The van der Waals surface area contributed by atoms with Crippen molar-refractivity contribution in [1.29, 1.82) is 5.41 Å². The van der Waals surface area contributed by atoms with Gasteiger partial charge in [0.25, 0.3) is 0 Å². The SMILES string of the molecule is C=C=C(NC)c1ccc(C(=N)/C=N\c2ncc(Cc3ccc4ncccc4c3)[nH]2)cc1F.[HH]. The highest BCUT2D eigenvalue weighted by molar-refractivity contribution is 6.37. The summed E-state index contributed by atoms with van der Waals surface area (Å²) in [4.78, 5) is 16.0. The van der Waals surface area contributed by atoms with E-state index < -0.39 is 5.82 Å². The van der Waals surface area contributed by atoms with Crippen LogP contribution in [0.4, 0.5) is 10.3 Å². The summed E-state index contributed by atoms with van der Waals surface area (Å²) in [5.74, 6) is -0.0802. The number of pyridine rings is 1. The summed E-state index contributed by atoms with van der Waals surface area (Å²) in [7, 11) is 1.67. The lowest BCUT2D eigenvalue weighted by molar-refractivity contribution is 0.622. The maximum atomic E-state index is 14.4. The quantitative estimate of drug-likeness (QED) is 0.285. The normalized spacial score (nSPS) is 10.9. The summed E-state index contributed by atoms with van der Waals surface area (Å²) >= 11 is 0. The zero-order valence-electron chi connectivity index (χ0n) is 17.5. The Labute approximate surface area is 186 Å². The first-order chi connectivity index (χ1) is 15.6. The molecule has 0 saturated heterocycles. The number of aromatic amines is 1. The van der Waals surface area contributed by atoms with Crippen molar-refractivity contribution in [3.8, 4) is 0 Å². The highest BCUT2D eigenvalue weighted by Crippen LogP contribution is 2.18. The van der Waals surface area contributed by atoms with Gasteiger partial charge in [0.05, 0.1) is 29.3 Å². The van der Waals surface area contributed by atoms with Gasteiger partial charge in [-0.2, -0.15) is 0 Å². The molecule has 2 aromatic carbocycles. The van der Waals surface area contributed by atoms with Gasteiger partial charge in [0, 0.05) is 43.3 Å². The highest BCUT2D eigenvalue weighted by atomic mass is 19.1. The number of nitrogens with zero attached hydrogens (tertiary/aromatic N) is 3. The van der Waals surface area contributed by atoms with Crippen LogP contribution in [0.25, 0.3) is 16.6 Å². The molecule has 0 aliphatic heterocycles. The van der Waals surface area contributed by atoms with E-state index >= 15 is 0 Å². The average Bonchev–Trinajstić information content (AvgIpc) is 3.26. The fourth-order valence-corrected chi connectivity index (χ4v) is 3.36. The van der Waals surface area contributed by atoms with Crippen LogP contribution in [0, 0.1) is 11.2 Å². The Hall–Kier alpha value is -4.35. The van der Waals surface area contributed by atoms with Gasteiger partial charge in [-0.05, 0) is 35.9 Å². The molecule has 32 heavy (non-hydrogen) atoms. The zero-order chi connectivity index (χ0) is 22.5. The molecule has 0 amide bonds. The standard InChI is InChI=1S/C25H21FN6.H2/c1-3-23(28-2)20-8-7-17(13-21(20)26)22(27)15-31-25-30-14-19(32-25)12-16-6-9-24-18(11-16)5-4-10-29-24;/h4-11,13-15,27-28H,1,12H2,2H3,(H,30,32);1H/b27-22?,31-15-;. The molecule has 3 N–H and O–H groups in total. The number of aliphatic imine (C=N–C) groups is 1. The lowest BCUT2D eigenvalue weighted by atomic mass is 10.1. The molecular formula is C25H23FN6. The maximum Gasteiger partial charge on any atom is 0.227 e. The average molecular weight is 426 g/mol. The number of benzene rings is 2. The van der Waals surface area contributed by atoms with Gasteiger partial charge in [-0.15, -0.1) is 5.73 Å². The van der Waals surface area contributed by atoms with Crippen molar-refractivity contribution in [3.63, 3.8) is 0 Å². The lowest BCUT2D eigenvalue weighted by Gasteiger charge is -2.07. The molecule has 0 unspecified atom stereocenters. The van der Waals surface area contributed by atoms with Crippen LogP contribution in [-0.2, 0) is 6.42 Å². The van der Waals surface area contributed by atoms with E-state index in [1.165, 1.54) is 12.3 Å². The van der Waals surface area contributed by atoms with Crippen molar-refractivity contribution >= 4 is 34.5 Å². The molecular weight excluding hydrogens is 403 g/mol. The first kappa shape index (κ1) is 20.9. The molecule has 7 heteroatoms. The summed E-state index contributed by atoms with van der Waals surface area (Å²) < 4.78 is 14.4. The minimum atomic E-state index is -0.466. The number of rotatable bonds is 7. The van der Waals surface area contributed by atoms with Crippen molar-refractivity contribution in [2.45, 2.75) is 6.42 Å². The smallest absolute Gasteiger partial charge is 0.227 e. The molecule has 0 atom stereocenters. The molecule has 0 bridgehead atoms. The monoisotopic (exact) mass is 426 g/mol. The third-order valence-corrected chi connectivity index (χ3v) is 4.97. The number of H-pyrrole nitrogens is 1. The topological polar surface area (TPSA) is 89.8 Å². The Morgan fingerprint density at radius 3 is 2.94 bits per heavy atom. The second-order valence-electron chi connectivity index (χ2n) is 7.11. The molecule has 0 aliphatic rings. The van der Waals surface area contributed by atoms with Crippen molar-refractivity contribution in [1.82, 2.24) is 20.3 Å². The maximum absolute atomic E-state index is 14.4. The van der Waals surface area contributed by atoms with Crippen LogP contribution < -0.4 is 5.32 Å². The van der Waals surface area contributed by atoms with Gasteiger partial charge in [0.15, 0.2) is 0 Å². The molecule has 6 nitrogen and oxygen atoms in total. The third kappa shape index (κ3) is 4.53. The van der Waals surface area contributed by atoms with Gasteiger partial charge >= 0.3 is 0 Å². The van der Waals surface area contributed by atoms with Crippen molar-refractivity contribution < 1.29 is 5.82 Å². The summed E-state index contributed by atoms with van der Waals surface area (Å²) in [5, 5.41) is 12.1. The molecule has 4 rings (SSSR count). The van der Waals surface area contributed by atoms with Crippen molar-refractivity contribution in [3.05, 3.63) is 101 Å². The number of nitrogens with one attached hydrogen (secondary N) is 3. The van der Waals surface area contributed by atoms with E-state index in [4.69, 9.17) is 5.41 Å². The fourth-order valence-electron chi connectivity index (χ4n) is 3.36. The highest BCUT2D eigenvalue weighted by Gasteiger charge is 2.09. The van der Waals surface area contributed by atoms with E-state index in [9.17, 15) is 4.39 Å². The van der Waals surface area contributed by atoms with Crippen LogP contribution in [0.2, 0.25) is 0 Å². The molecule has 160 valence electrons. The number of imidazole rings is 1. The molecule has 0 aliphatic carbocycles. The largest absolute Gasteiger partial charge is 0.381 e. The molecule has 2 aromatic heterocycles. The van der Waals surface area contributed by atoms with Crippen LogP contribution in [0.15, 0.2) is 78.2 Å². The molecule has 0 spiro atoms. The predicted molar refractivity (Wildman–Crippen MR) is 128 cm³/mol. The van der Waals surface area contributed by atoms with E-state index in [0.29, 0.717) is 29.2 Å². The Kier molecular flexibility index (Phi) is 6.01. The van der Waals surface area contributed by atoms with Crippen LogP contribution in [0.5, 0.6) is 0 Å². The molecule has 0 radical (unpaired) electrons. The number of hydrogen-bond acceptors (Lipinski definition) is 5. The van der Waals surface area contributed by atoms with Crippen LogP contribution >= 0.6 is 0 Å². The predicted octanol–water partition coefficient (Wildman–Crippen LogP) is 5.05. The Morgan fingerprint density at radius 1 is 1.28 bits per heavy atom. The summed E-state index contributed by atoms with van der Waals surface area (Å²) in [6, 6.07) is 14.6. The second-order valence-corrected chi connectivity index (χ2v) is 7.11. The van der Waals surface area contributed by atoms with Crippen LogP contribution in [0.1, 0.15) is 23.8 Å². The fraction of sp³-hybridized carbons (Fsp3) is 0.0800. The summed E-state index contributed by atoms with van der Waals surface area (Å²) in [6.45, 7) is 3.54. The Balaban J connectivity index is 0.00000306. The zero-order valence-corrected chi connectivity index (χ0v) is 17.5. The Bertz CT molecular complexity index is 1380. The first-order valence-corrected chi connectivity index (χ1v) is 9.95. The van der Waals surface area contributed by atoms with Gasteiger partial charge in [0.2, 0.25) is 5.95 Å². The summed E-state index contributed by atoms with van der Waals surface area (Å²) in [5.41, 5.74) is 6.92. The third-order valence-electron chi connectivity index (χ3n) is 4.97. The van der Waals surface area contributed by atoms with Gasteiger partial charge in [0.1, 0.15) is 5.82 Å². The number of hydrogen-bond donors (Lipinski definition) is 3. The van der Waals surface area contributed by atoms with E-state index in [0.717, 1.165) is 22.2 Å². The van der Waals surface area contributed by atoms with Gasteiger partial charge < -0.3 is 10.3 Å². The number of halogens is 1. The molecule has 0 fully saturated rings. The number of aromatic nitrogens is 3. The van der Waals surface area contributed by atoms with Gasteiger partial charge in [-0.1, -0.05) is 24.8 Å². The van der Waals surface area contributed by atoms with E-state index in [2.05, 4.69) is 43.6 Å². The minimum absolute atomic E-state index is 0. The Morgan fingerprint density at radius 2 is 2.16 bits per heavy atom. The lowest BCUT2D eigenvalue weighted by Crippen LogP contribution is -2.07. The molecule has 2 heterocycles. The van der Waals surface area contributed by atoms with Crippen molar-refractivity contribution in [2.75, 3.05) is 7.05 Å². The second kappa shape index (κ2) is 9.20. The van der Waals surface area contributed by atoms with E-state index in [1.54, 1.807) is 31.6 Å². The van der Waals surface area contributed by atoms with Gasteiger partial charge in [-0.25, -0.2) is 14.4 Å². The van der Waals surface area contributed by atoms with E-state index in [1.807, 2.05) is 24.3 Å². The summed E-state index contributed by atoms with van der Waals surface area (Å²) in [6.07, 6.45) is 5.52. The van der Waals surface area contributed by atoms with Gasteiger partial charge in [-0.3, -0.25) is 10.4 Å². The first-order valence-electron chi connectivity index (χ1n) is 9.95. The van der Waals surface area contributed by atoms with Crippen molar-refractivity contribution in [2.24, 2.45) is 4.99 Å². The number of fused-ring (bicyclic) bond motifs is 1. The molecule has 0 saturated carbocycles. The molecule has 4 aromatic rings. The van der Waals surface area contributed by atoms with E-state index in [-0.39, 0.29) is 7.14 Å². The van der Waals surface area contributed by atoms with Crippen LogP contribution in [-0.4, -0.2) is 33.9 Å². The minimum Gasteiger partial charge on any atom is -0.381 e.